The molecule has 0 spiro atoms. The van der Waals surface area contributed by atoms with Crippen LogP contribution in [0.25, 0.3) is 0 Å². The Kier molecular flexibility index (Phi) is 7.94. The Morgan fingerprint density at radius 2 is 1.84 bits per heavy atom. The first kappa shape index (κ1) is 23.8. The number of nitrogens with zero attached hydrogens (tertiary/aromatic N) is 2. The molecule has 2 aromatic rings. The summed E-state index contributed by atoms with van der Waals surface area (Å²) in [6.45, 7) is 6.25. The van der Waals surface area contributed by atoms with E-state index in [9.17, 15) is 18.3 Å². The quantitative estimate of drug-likeness (QED) is 0.587. The zero-order valence-corrected chi connectivity index (χ0v) is 19.1. The lowest BCUT2D eigenvalue weighted by Crippen LogP contribution is -2.37. The van der Waals surface area contributed by atoms with Gasteiger partial charge < -0.3 is 24.8 Å². The molecule has 0 saturated carbocycles. The summed E-state index contributed by atoms with van der Waals surface area (Å²) in [7, 11) is -3.69. The van der Waals surface area contributed by atoms with Crippen LogP contribution >= 0.6 is 0 Å². The van der Waals surface area contributed by atoms with E-state index in [0.717, 1.165) is 0 Å². The Hall–Kier alpha value is -2.82. The molecule has 0 unspecified atom stereocenters. The first-order valence-corrected chi connectivity index (χ1v) is 12.0. The number of carbonyl (C=O) groups is 1. The predicted octanol–water partition coefficient (Wildman–Crippen LogP) is 2.28. The van der Waals surface area contributed by atoms with Crippen LogP contribution in [0.3, 0.4) is 0 Å². The fraction of sp³-hybridized carbons (Fsp3) is 0.409. The molecule has 0 aromatic heterocycles. The van der Waals surface area contributed by atoms with Crippen LogP contribution < -0.4 is 15.0 Å². The number of carbonyl (C=O) groups excluding carboxylic acids is 1. The van der Waals surface area contributed by atoms with Crippen LogP contribution in [0.2, 0.25) is 0 Å². The van der Waals surface area contributed by atoms with Crippen LogP contribution in [0.1, 0.15) is 13.8 Å². The lowest BCUT2D eigenvalue weighted by Gasteiger charge is -2.31. The summed E-state index contributed by atoms with van der Waals surface area (Å²) in [4.78, 5) is 14.8. The van der Waals surface area contributed by atoms with Gasteiger partial charge in [0.1, 0.15) is 0 Å². The predicted molar refractivity (Wildman–Crippen MR) is 122 cm³/mol. The second kappa shape index (κ2) is 10.7. The number of phenolic OH excluding ortho intramolecular Hbond substituents is 1. The third-order valence-corrected chi connectivity index (χ3v) is 7.21. The summed E-state index contributed by atoms with van der Waals surface area (Å²) in [5, 5.41) is 12.6. The number of benzene rings is 2. The van der Waals surface area contributed by atoms with Gasteiger partial charge in [0.15, 0.2) is 18.1 Å². The average Bonchev–Trinajstić information content (AvgIpc) is 2.79. The summed E-state index contributed by atoms with van der Waals surface area (Å²) in [6.07, 6.45) is 0. The fourth-order valence-corrected chi connectivity index (χ4v) is 4.96. The molecule has 0 atom stereocenters. The van der Waals surface area contributed by atoms with E-state index in [2.05, 4.69) is 5.32 Å². The number of rotatable bonds is 9. The number of hydrogen-bond donors (Lipinski definition) is 2. The topological polar surface area (TPSA) is 108 Å². The van der Waals surface area contributed by atoms with Gasteiger partial charge in [0.25, 0.3) is 5.91 Å². The number of morpholine rings is 1. The first-order valence-electron chi connectivity index (χ1n) is 10.5. The molecule has 1 aliphatic heterocycles. The molecule has 2 aromatic carbocycles. The Morgan fingerprint density at radius 1 is 1.16 bits per heavy atom. The van der Waals surface area contributed by atoms with Crippen molar-refractivity contribution in [3.05, 3.63) is 42.5 Å². The molecular weight excluding hydrogens is 434 g/mol. The number of amides is 1. The van der Waals surface area contributed by atoms with Gasteiger partial charge in [-0.25, -0.2) is 8.42 Å². The standard InChI is InChI=1S/C22H29N3O6S/c1-3-25(4-2)32(28,29)17-9-10-19(24-11-13-30-14-12-24)18(15-17)23-22(27)16-31-21-8-6-5-7-20(21)26/h5-10,15,26H,3-4,11-14,16H2,1-2H3,(H,23,27). The monoisotopic (exact) mass is 463 g/mol. The van der Waals surface area contributed by atoms with Gasteiger partial charge in [-0.1, -0.05) is 26.0 Å². The molecule has 3 rings (SSSR count). The lowest BCUT2D eigenvalue weighted by molar-refractivity contribution is -0.118. The molecule has 32 heavy (non-hydrogen) atoms. The van der Waals surface area contributed by atoms with Crippen molar-refractivity contribution >= 4 is 27.3 Å². The van der Waals surface area contributed by atoms with Gasteiger partial charge in [-0.15, -0.1) is 0 Å². The number of phenols is 1. The van der Waals surface area contributed by atoms with E-state index in [0.29, 0.717) is 50.8 Å². The number of para-hydroxylation sites is 2. The van der Waals surface area contributed by atoms with Crippen LogP contribution in [-0.4, -0.2) is 69.7 Å². The number of sulfonamides is 1. The Bertz CT molecular complexity index is 1030. The Balaban J connectivity index is 1.86. The highest BCUT2D eigenvalue weighted by molar-refractivity contribution is 7.89. The number of ether oxygens (including phenoxy) is 2. The third kappa shape index (κ3) is 5.50. The molecule has 1 fully saturated rings. The van der Waals surface area contributed by atoms with Crippen LogP contribution in [0, 0.1) is 0 Å². The summed E-state index contributed by atoms with van der Waals surface area (Å²) >= 11 is 0. The zero-order valence-electron chi connectivity index (χ0n) is 18.3. The Morgan fingerprint density at radius 3 is 2.50 bits per heavy atom. The summed E-state index contributed by atoms with van der Waals surface area (Å²) in [5.74, 6) is -0.351. The highest BCUT2D eigenvalue weighted by Gasteiger charge is 2.25. The van der Waals surface area contributed by atoms with E-state index in [-0.39, 0.29) is 23.0 Å². The van der Waals surface area contributed by atoms with Crippen molar-refractivity contribution in [3.63, 3.8) is 0 Å². The minimum Gasteiger partial charge on any atom is -0.504 e. The molecule has 10 heteroatoms. The molecule has 0 radical (unpaired) electrons. The van der Waals surface area contributed by atoms with E-state index >= 15 is 0 Å². The van der Waals surface area contributed by atoms with Crippen molar-refractivity contribution in [1.82, 2.24) is 4.31 Å². The number of anilines is 2. The maximum Gasteiger partial charge on any atom is 0.262 e. The van der Waals surface area contributed by atoms with E-state index < -0.39 is 15.9 Å². The van der Waals surface area contributed by atoms with Crippen molar-refractivity contribution < 1.29 is 27.8 Å². The molecule has 2 N–H and O–H groups in total. The summed E-state index contributed by atoms with van der Waals surface area (Å²) in [5.41, 5.74) is 1.09. The summed E-state index contributed by atoms with van der Waals surface area (Å²) in [6, 6.07) is 11.1. The van der Waals surface area contributed by atoms with E-state index in [1.807, 2.05) is 4.90 Å². The van der Waals surface area contributed by atoms with Gasteiger partial charge in [-0.05, 0) is 30.3 Å². The van der Waals surface area contributed by atoms with Crippen molar-refractivity contribution in [2.75, 3.05) is 56.2 Å². The molecule has 1 heterocycles. The van der Waals surface area contributed by atoms with Crippen LogP contribution in [0.5, 0.6) is 11.5 Å². The second-order valence-corrected chi connectivity index (χ2v) is 9.11. The SMILES string of the molecule is CCN(CC)S(=O)(=O)c1ccc(N2CCOCC2)c(NC(=O)COc2ccccc2O)c1. The molecule has 1 saturated heterocycles. The molecular formula is C22H29N3O6S. The minimum atomic E-state index is -3.69. The minimum absolute atomic E-state index is 0.0679. The second-order valence-electron chi connectivity index (χ2n) is 7.17. The van der Waals surface area contributed by atoms with Crippen LogP contribution in [0.15, 0.2) is 47.4 Å². The molecule has 1 aliphatic rings. The van der Waals surface area contributed by atoms with Crippen molar-refractivity contribution in [1.29, 1.82) is 0 Å². The number of aromatic hydroxyl groups is 1. The van der Waals surface area contributed by atoms with Crippen molar-refractivity contribution in [2.45, 2.75) is 18.7 Å². The molecule has 0 aliphatic carbocycles. The number of hydrogen-bond acceptors (Lipinski definition) is 7. The lowest BCUT2D eigenvalue weighted by atomic mass is 10.2. The van der Waals surface area contributed by atoms with E-state index in [1.54, 1.807) is 44.2 Å². The van der Waals surface area contributed by atoms with Gasteiger partial charge in [0.05, 0.1) is 29.5 Å². The highest BCUT2D eigenvalue weighted by atomic mass is 32.2. The van der Waals surface area contributed by atoms with E-state index in [1.165, 1.54) is 16.4 Å². The van der Waals surface area contributed by atoms with Crippen molar-refractivity contribution in [2.24, 2.45) is 0 Å². The first-order chi connectivity index (χ1) is 15.4. The van der Waals surface area contributed by atoms with Crippen molar-refractivity contribution in [3.8, 4) is 11.5 Å². The van der Waals surface area contributed by atoms with Gasteiger partial charge in [-0.2, -0.15) is 4.31 Å². The third-order valence-electron chi connectivity index (χ3n) is 5.16. The van der Waals surface area contributed by atoms with Crippen LogP contribution in [-0.2, 0) is 19.6 Å². The van der Waals surface area contributed by atoms with Gasteiger partial charge in [-0.3, -0.25) is 4.79 Å². The van der Waals surface area contributed by atoms with Crippen LogP contribution in [0.4, 0.5) is 11.4 Å². The molecule has 174 valence electrons. The smallest absolute Gasteiger partial charge is 0.262 e. The molecule has 1 amide bonds. The largest absolute Gasteiger partial charge is 0.504 e. The average molecular weight is 464 g/mol. The maximum atomic E-state index is 13.0. The molecule has 9 nitrogen and oxygen atoms in total. The maximum absolute atomic E-state index is 13.0. The number of nitrogens with one attached hydrogen (secondary N) is 1. The Labute approximate surface area is 188 Å². The highest BCUT2D eigenvalue weighted by Crippen LogP contribution is 2.31. The normalized spacial score (nSPS) is 14.4. The van der Waals surface area contributed by atoms with Gasteiger partial charge >= 0.3 is 0 Å². The zero-order chi connectivity index (χ0) is 23.1. The fourth-order valence-electron chi connectivity index (χ4n) is 3.48. The van der Waals surface area contributed by atoms with Gasteiger partial charge in [0.2, 0.25) is 10.0 Å². The molecule has 0 bridgehead atoms. The summed E-state index contributed by atoms with van der Waals surface area (Å²) < 4.78 is 38.2. The van der Waals surface area contributed by atoms with E-state index in [4.69, 9.17) is 9.47 Å². The van der Waals surface area contributed by atoms with Gasteiger partial charge in [0, 0.05) is 26.2 Å².